The van der Waals surface area contributed by atoms with Gasteiger partial charge >= 0.3 is 0 Å². The largest absolute Gasteiger partial charge is 0.358 e. The second-order valence-corrected chi connectivity index (χ2v) is 21.6. The van der Waals surface area contributed by atoms with Gasteiger partial charge < -0.3 is 35.7 Å². The number of rotatable bonds is 15. The van der Waals surface area contributed by atoms with Crippen LogP contribution in [-0.4, -0.2) is 111 Å². The van der Waals surface area contributed by atoms with Crippen LogP contribution in [0.1, 0.15) is 85.2 Å². The second-order valence-electron chi connectivity index (χ2n) is 19.9. The van der Waals surface area contributed by atoms with Gasteiger partial charge in [-0.25, -0.2) is 9.97 Å². The lowest BCUT2D eigenvalue weighted by molar-refractivity contribution is -0.111. The number of carbonyl (C=O) groups is 4. The van der Waals surface area contributed by atoms with Crippen LogP contribution >= 0.6 is 22.7 Å². The first-order chi connectivity index (χ1) is 37.3. The second kappa shape index (κ2) is 21.5. The lowest BCUT2D eigenvalue weighted by Gasteiger charge is -2.35. The Morgan fingerprint density at radius 3 is 1.70 bits per heavy atom. The third-order valence-corrected chi connectivity index (χ3v) is 16.9. The SMILES string of the molecule is CCN(CC)CCNC(=O)c1c(C)[nH]c(/C=C2\C(=O)Nc3ccc(-c4csc(-c5ccc(CN6CCN(C(=O)c7c(C)[nH]c(/C=C8\C(=O)Nc9ccc(-c%10csc(-c%11ccccc%11)n%10)cc98)c7C)CC6)cc5)n4)cc32)c1C. The maximum atomic E-state index is 14.2. The summed E-state index contributed by atoms with van der Waals surface area (Å²) >= 11 is 3.17. The quantitative estimate of drug-likeness (QED) is 0.0632. The standard InChI is InChI=1S/C61H60N10O4S2/c1-7-69(8-2)23-22-62-58(74)54-35(3)50(63-37(54)5)30-46-44-29-43(19-21-48(44)65-56(46)72)53-34-77-60(68-53)41-16-14-39(15-17-41)32-70-24-26-71(27-25-70)61(75)55-36(4)51(64-38(55)6)31-47-45-28-42(18-20-49(45)66-57(47)73)52-33-76-59(67-52)40-12-10-9-11-13-40/h9-21,28-31,33-34,63-64H,7-8,22-27,32H2,1-6H3,(H,62,74)(H,65,72)(H,66,73)/b46-30-,47-31-. The molecule has 1 fully saturated rings. The highest BCUT2D eigenvalue weighted by molar-refractivity contribution is 7.13. The fraction of sp³-hybridized carbons (Fsp3) is 0.246. The molecule has 4 aromatic heterocycles. The van der Waals surface area contributed by atoms with E-state index in [0.29, 0.717) is 41.9 Å². The summed E-state index contributed by atoms with van der Waals surface area (Å²) in [7, 11) is 0. The van der Waals surface area contributed by atoms with E-state index in [1.165, 1.54) is 5.56 Å². The van der Waals surface area contributed by atoms with Gasteiger partial charge in [-0.15, -0.1) is 22.7 Å². The van der Waals surface area contributed by atoms with Crippen molar-refractivity contribution in [2.45, 2.75) is 48.1 Å². The van der Waals surface area contributed by atoms with E-state index < -0.39 is 0 Å². The normalized spacial score (nSPS) is 15.4. The van der Waals surface area contributed by atoms with Crippen LogP contribution in [0.25, 0.3) is 67.0 Å². The Kier molecular flexibility index (Phi) is 14.3. The summed E-state index contributed by atoms with van der Waals surface area (Å²) in [6.45, 7) is 18.6. The summed E-state index contributed by atoms with van der Waals surface area (Å²) in [5.74, 6) is -0.514. The van der Waals surface area contributed by atoms with E-state index >= 15 is 0 Å². The van der Waals surface area contributed by atoms with Gasteiger partial charge in [0.1, 0.15) is 10.0 Å². The summed E-state index contributed by atoms with van der Waals surface area (Å²) in [6.07, 6.45) is 3.71. The van der Waals surface area contributed by atoms with Gasteiger partial charge in [-0.1, -0.05) is 80.6 Å². The van der Waals surface area contributed by atoms with Gasteiger partial charge in [-0.2, -0.15) is 0 Å². The molecule has 0 atom stereocenters. The number of likely N-dealkylation sites (N-methyl/N-ethyl adjacent to an activating group) is 1. The van der Waals surface area contributed by atoms with Gasteiger partial charge in [0, 0.05) is 124 Å². The Morgan fingerprint density at radius 1 is 0.649 bits per heavy atom. The van der Waals surface area contributed by atoms with Gasteiger partial charge in [0.2, 0.25) is 0 Å². The van der Waals surface area contributed by atoms with Crippen molar-refractivity contribution < 1.29 is 19.2 Å². The molecule has 7 heterocycles. The highest BCUT2D eigenvalue weighted by Crippen LogP contribution is 2.40. The molecule has 77 heavy (non-hydrogen) atoms. The number of H-pyrrole nitrogens is 2. The third kappa shape index (κ3) is 10.2. The lowest BCUT2D eigenvalue weighted by atomic mass is 10.0. The van der Waals surface area contributed by atoms with E-state index in [2.05, 4.69) is 86.0 Å². The highest BCUT2D eigenvalue weighted by atomic mass is 32.1. The van der Waals surface area contributed by atoms with Crippen LogP contribution in [-0.2, 0) is 16.1 Å². The number of anilines is 2. The van der Waals surface area contributed by atoms with Crippen LogP contribution in [0, 0.1) is 27.7 Å². The predicted molar refractivity (Wildman–Crippen MR) is 311 cm³/mol. The van der Waals surface area contributed by atoms with Crippen LogP contribution < -0.4 is 16.0 Å². The average molecular weight is 1060 g/mol. The molecule has 0 radical (unpaired) electrons. The zero-order valence-electron chi connectivity index (χ0n) is 44.0. The fourth-order valence-corrected chi connectivity index (χ4v) is 12.3. The molecular formula is C61H60N10O4S2. The number of aromatic amines is 2. The van der Waals surface area contributed by atoms with Crippen LogP contribution in [0.4, 0.5) is 11.4 Å². The molecule has 4 aromatic carbocycles. The molecule has 14 nitrogen and oxygen atoms in total. The molecule has 16 heteroatoms. The minimum Gasteiger partial charge on any atom is -0.358 e. The van der Waals surface area contributed by atoms with Crippen molar-refractivity contribution in [1.29, 1.82) is 0 Å². The molecule has 5 N–H and O–H groups in total. The highest BCUT2D eigenvalue weighted by Gasteiger charge is 2.30. The summed E-state index contributed by atoms with van der Waals surface area (Å²) in [5, 5.41) is 15.0. The van der Waals surface area contributed by atoms with Crippen molar-refractivity contribution in [2.24, 2.45) is 0 Å². The van der Waals surface area contributed by atoms with Gasteiger partial charge in [-0.05, 0) is 93.9 Å². The molecule has 4 amide bonds. The predicted octanol–water partition coefficient (Wildman–Crippen LogP) is 11.2. The number of benzene rings is 4. The third-order valence-electron chi connectivity index (χ3n) is 15.1. The average Bonchev–Trinajstić information content (AvgIpc) is 4.33. The Hall–Kier alpha value is -8.02. The van der Waals surface area contributed by atoms with Crippen molar-refractivity contribution in [1.82, 2.24) is 40.0 Å². The van der Waals surface area contributed by atoms with Gasteiger partial charge in [0.15, 0.2) is 0 Å². The maximum absolute atomic E-state index is 14.2. The number of fused-ring (bicyclic) bond motifs is 2. The Labute approximate surface area is 456 Å². The number of nitrogens with one attached hydrogen (secondary N) is 5. The van der Waals surface area contributed by atoms with E-state index in [1.807, 2.05) is 110 Å². The van der Waals surface area contributed by atoms with Crippen molar-refractivity contribution in [2.75, 3.05) is 63.0 Å². The van der Waals surface area contributed by atoms with Crippen LogP contribution in [0.15, 0.2) is 102 Å². The minimum absolute atomic E-state index is 0.00872. The molecule has 0 spiro atoms. The van der Waals surface area contributed by atoms with Crippen molar-refractivity contribution in [3.63, 3.8) is 0 Å². The van der Waals surface area contributed by atoms with Gasteiger partial charge in [-0.3, -0.25) is 24.1 Å². The first kappa shape index (κ1) is 51.1. The number of carbonyl (C=O) groups excluding carboxylic acids is 4. The zero-order chi connectivity index (χ0) is 53.5. The molecule has 8 aromatic rings. The first-order valence-electron chi connectivity index (χ1n) is 26.2. The number of amides is 4. The number of nitrogens with zero attached hydrogens (tertiary/aromatic N) is 5. The Balaban J connectivity index is 0.710. The molecule has 1 saturated heterocycles. The fourth-order valence-electron chi connectivity index (χ4n) is 10.7. The molecule has 0 unspecified atom stereocenters. The summed E-state index contributed by atoms with van der Waals surface area (Å²) in [5.41, 5.74) is 16.8. The lowest BCUT2D eigenvalue weighted by Crippen LogP contribution is -2.48. The molecule has 0 aliphatic carbocycles. The number of aryl methyl sites for hydroxylation is 2. The molecule has 11 rings (SSSR count). The summed E-state index contributed by atoms with van der Waals surface area (Å²) in [4.78, 5) is 77.5. The number of hydrogen-bond acceptors (Lipinski definition) is 10. The summed E-state index contributed by atoms with van der Waals surface area (Å²) in [6, 6.07) is 30.5. The molecule has 0 saturated carbocycles. The van der Waals surface area contributed by atoms with Gasteiger partial charge in [0.05, 0.1) is 33.7 Å². The van der Waals surface area contributed by atoms with E-state index in [0.717, 1.165) is 139 Å². The minimum atomic E-state index is -0.196. The number of thiazole rings is 2. The van der Waals surface area contributed by atoms with E-state index in [4.69, 9.17) is 9.97 Å². The Morgan fingerprint density at radius 2 is 1.16 bits per heavy atom. The smallest absolute Gasteiger partial charge is 0.256 e. The monoisotopic (exact) mass is 1060 g/mol. The van der Waals surface area contributed by atoms with Crippen molar-refractivity contribution >= 4 is 81.0 Å². The first-order valence-corrected chi connectivity index (χ1v) is 27.9. The van der Waals surface area contributed by atoms with Crippen LogP contribution in [0.2, 0.25) is 0 Å². The van der Waals surface area contributed by atoms with Crippen LogP contribution in [0.3, 0.4) is 0 Å². The summed E-state index contributed by atoms with van der Waals surface area (Å²) < 4.78 is 0. The van der Waals surface area contributed by atoms with E-state index in [9.17, 15) is 19.2 Å². The maximum Gasteiger partial charge on any atom is 0.256 e. The van der Waals surface area contributed by atoms with Crippen LogP contribution in [0.5, 0.6) is 0 Å². The van der Waals surface area contributed by atoms with Gasteiger partial charge in [0.25, 0.3) is 23.6 Å². The van der Waals surface area contributed by atoms with Crippen molar-refractivity contribution in [3.8, 4) is 43.7 Å². The number of piperazine rings is 1. The topological polar surface area (TPSA) is 171 Å². The molecule has 390 valence electrons. The Bertz CT molecular complexity index is 3660. The van der Waals surface area contributed by atoms with E-state index in [-0.39, 0.29) is 23.6 Å². The molecular weight excluding hydrogens is 1000 g/mol. The van der Waals surface area contributed by atoms with E-state index in [1.54, 1.807) is 22.7 Å². The number of hydrogen-bond donors (Lipinski definition) is 5. The van der Waals surface area contributed by atoms with Crippen molar-refractivity contribution in [3.05, 3.63) is 163 Å². The molecule has 3 aliphatic rings. The molecule has 3 aliphatic heterocycles. The number of aromatic nitrogens is 4. The molecule has 0 bridgehead atoms. The zero-order valence-corrected chi connectivity index (χ0v) is 45.7.